The van der Waals surface area contributed by atoms with Crippen LogP contribution >= 0.6 is 0 Å². The molecule has 3 N–H and O–H groups in total. The van der Waals surface area contributed by atoms with Crippen LogP contribution in [0.4, 0.5) is 4.79 Å². The first kappa shape index (κ1) is 44.2. The first-order valence-corrected chi connectivity index (χ1v) is 20.1. The molecule has 6 rings (SSSR count). The number of rotatable bonds is 20. The number of benzene rings is 5. The van der Waals surface area contributed by atoms with Crippen LogP contribution in [0.15, 0.2) is 152 Å². The Morgan fingerprint density at radius 1 is 0.557 bits per heavy atom. The van der Waals surface area contributed by atoms with Crippen molar-refractivity contribution in [1.29, 1.82) is 0 Å². The van der Waals surface area contributed by atoms with Crippen molar-refractivity contribution in [3.05, 3.63) is 179 Å². The molecule has 1 saturated heterocycles. The van der Waals surface area contributed by atoms with Gasteiger partial charge in [-0.05, 0) is 27.8 Å². The van der Waals surface area contributed by atoms with Crippen molar-refractivity contribution >= 4 is 23.9 Å². The van der Waals surface area contributed by atoms with Crippen LogP contribution < -0.4 is 16.0 Å². The van der Waals surface area contributed by atoms with Crippen LogP contribution in [0, 0.1) is 0 Å². The van der Waals surface area contributed by atoms with E-state index in [9.17, 15) is 19.2 Å². The predicted molar refractivity (Wildman–Crippen MR) is 225 cm³/mol. The van der Waals surface area contributed by atoms with Gasteiger partial charge in [0.1, 0.15) is 43.6 Å². The highest BCUT2D eigenvalue weighted by molar-refractivity contribution is 5.88. The quantitative estimate of drug-likeness (QED) is 0.0778. The topological polar surface area (TPSA) is 160 Å². The maximum atomic E-state index is 14.1. The monoisotopic (exact) mass is 829 g/mol. The molecule has 0 unspecified atom stereocenters. The summed E-state index contributed by atoms with van der Waals surface area (Å²) in [7, 11) is 0. The molecule has 5 aromatic rings. The molecule has 1 heterocycles. The lowest BCUT2D eigenvalue weighted by Crippen LogP contribution is -2.69. The SMILES string of the molecule is CC(=O)N[C@@H]1[C@@H](OCc2ccccc2)[C@H](OCc2ccccc2)[C@@H](COCc2ccccc2)O[C@H]1NC(=O)C[C@H](NC(=O)OCc1ccccc1)C(=O)OCc1ccccc1. The number of hydrogen-bond acceptors (Lipinski definition) is 10. The molecule has 1 aliphatic heterocycles. The average molecular weight is 830 g/mol. The summed E-state index contributed by atoms with van der Waals surface area (Å²) in [5, 5.41) is 8.29. The zero-order valence-electron chi connectivity index (χ0n) is 33.9. The summed E-state index contributed by atoms with van der Waals surface area (Å²) >= 11 is 0. The minimum Gasteiger partial charge on any atom is -0.459 e. The van der Waals surface area contributed by atoms with Gasteiger partial charge in [0.05, 0.1) is 32.8 Å². The van der Waals surface area contributed by atoms with E-state index in [2.05, 4.69) is 16.0 Å². The van der Waals surface area contributed by atoms with E-state index in [0.717, 1.165) is 22.3 Å². The number of ether oxygens (including phenoxy) is 6. The number of alkyl carbamates (subject to hydrolysis) is 1. The summed E-state index contributed by atoms with van der Waals surface area (Å²) < 4.78 is 37.0. The average Bonchev–Trinajstić information content (AvgIpc) is 3.28. The number of carbonyl (C=O) groups is 4. The van der Waals surface area contributed by atoms with Crippen LogP contribution in [0.25, 0.3) is 0 Å². The van der Waals surface area contributed by atoms with Gasteiger partial charge < -0.3 is 44.4 Å². The van der Waals surface area contributed by atoms with Crippen molar-refractivity contribution in [2.24, 2.45) is 0 Å². The van der Waals surface area contributed by atoms with Crippen molar-refractivity contribution in [3.8, 4) is 0 Å². The second-order valence-corrected chi connectivity index (χ2v) is 14.5. The standard InChI is InChI=1S/C48H51N3O10/c1-34(52)49-43-45(58-30-37-21-11-4-12-22-37)44(57-29-36-19-9-3-10-20-36)41(33-56-28-35-17-7-2-8-18-35)61-46(43)51-42(53)27-40(47(54)59-31-38-23-13-5-14-24-38)50-48(55)60-32-39-25-15-6-16-26-39/h2-26,40-41,43-46H,27-33H2,1H3,(H,49,52)(H,50,55)(H,51,53)/t40-,41+,43+,44+,45+,46+/m0/s1. The number of carbonyl (C=O) groups excluding carboxylic acids is 4. The third-order valence-corrected chi connectivity index (χ3v) is 9.73. The maximum absolute atomic E-state index is 14.1. The van der Waals surface area contributed by atoms with Crippen LogP contribution in [0.5, 0.6) is 0 Å². The molecule has 0 spiro atoms. The van der Waals surface area contributed by atoms with Gasteiger partial charge in [-0.25, -0.2) is 9.59 Å². The fourth-order valence-electron chi connectivity index (χ4n) is 6.72. The molecule has 13 nitrogen and oxygen atoms in total. The minimum absolute atomic E-state index is 0.0297. The van der Waals surface area contributed by atoms with E-state index in [4.69, 9.17) is 28.4 Å². The zero-order chi connectivity index (χ0) is 42.7. The Morgan fingerprint density at radius 3 is 1.49 bits per heavy atom. The number of hydrogen-bond donors (Lipinski definition) is 3. The lowest BCUT2D eigenvalue weighted by molar-refractivity contribution is -0.237. The highest BCUT2D eigenvalue weighted by Crippen LogP contribution is 2.28. The molecule has 1 fully saturated rings. The second kappa shape index (κ2) is 23.4. The largest absolute Gasteiger partial charge is 0.459 e. The van der Waals surface area contributed by atoms with Crippen LogP contribution in [-0.2, 0) is 75.8 Å². The van der Waals surface area contributed by atoms with Crippen LogP contribution in [-0.4, -0.2) is 67.1 Å². The predicted octanol–water partition coefficient (Wildman–Crippen LogP) is 6.15. The smallest absolute Gasteiger partial charge is 0.408 e. The van der Waals surface area contributed by atoms with E-state index in [1.807, 2.05) is 103 Å². The Kier molecular flexibility index (Phi) is 17.0. The minimum atomic E-state index is -1.45. The van der Waals surface area contributed by atoms with Crippen molar-refractivity contribution in [3.63, 3.8) is 0 Å². The van der Waals surface area contributed by atoms with Gasteiger partial charge in [-0.3, -0.25) is 9.59 Å². The second-order valence-electron chi connectivity index (χ2n) is 14.5. The molecule has 3 amide bonds. The highest BCUT2D eigenvalue weighted by Gasteiger charge is 2.49. The van der Waals surface area contributed by atoms with Crippen molar-refractivity contribution in [2.75, 3.05) is 6.61 Å². The molecule has 61 heavy (non-hydrogen) atoms. The fourth-order valence-corrected chi connectivity index (χ4v) is 6.72. The first-order chi connectivity index (χ1) is 29.8. The molecule has 0 bridgehead atoms. The molecule has 5 aromatic carbocycles. The Morgan fingerprint density at radius 2 is 1.00 bits per heavy atom. The lowest BCUT2D eigenvalue weighted by Gasteiger charge is -2.46. The van der Waals surface area contributed by atoms with Crippen LogP contribution in [0.1, 0.15) is 41.2 Å². The van der Waals surface area contributed by atoms with Gasteiger partial charge in [0.25, 0.3) is 0 Å². The molecule has 0 radical (unpaired) electrons. The van der Waals surface area contributed by atoms with Crippen LogP contribution in [0.3, 0.4) is 0 Å². The molecule has 13 heteroatoms. The van der Waals surface area contributed by atoms with Gasteiger partial charge in [0.2, 0.25) is 11.8 Å². The van der Waals surface area contributed by atoms with Gasteiger partial charge in [-0.15, -0.1) is 0 Å². The Hall–Kier alpha value is -6.38. The van der Waals surface area contributed by atoms with Crippen molar-refractivity contribution < 1.29 is 47.6 Å². The van der Waals surface area contributed by atoms with E-state index in [1.54, 1.807) is 48.5 Å². The molecule has 0 aliphatic carbocycles. The summed E-state index contributed by atoms with van der Waals surface area (Å²) in [5.41, 5.74) is 4.16. The van der Waals surface area contributed by atoms with Gasteiger partial charge in [-0.2, -0.15) is 0 Å². The normalized spacial score (nSPS) is 18.9. The summed E-state index contributed by atoms with van der Waals surface area (Å²) in [6.07, 6.45) is -5.18. The molecule has 0 aromatic heterocycles. The van der Waals surface area contributed by atoms with Gasteiger partial charge in [0, 0.05) is 6.92 Å². The van der Waals surface area contributed by atoms with E-state index in [1.165, 1.54) is 6.92 Å². The lowest BCUT2D eigenvalue weighted by atomic mass is 9.94. The first-order valence-electron chi connectivity index (χ1n) is 20.1. The van der Waals surface area contributed by atoms with E-state index in [-0.39, 0.29) is 39.6 Å². The third-order valence-electron chi connectivity index (χ3n) is 9.73. The number of amides is 3. The molecule has 0 saturated carbocycles. The summed E-state index contributed by atoms with van der Waals surface area (Å²) in [6, 6.07) is 44.4. The van der Waals surface area contributed by atoms with Crippen LogP contribution in [0.2, 0.25) is 0 Å². The molecular formula is C48H51N3O10. The molecular weight excluding hydrogens is 779 g/mol. The summed E-state index contributed by atoms with van der Waals surface area (Å²) in [6.45, 7) is 1.84. The number of esters is 1. The molecule has 318 valence electrons. The summed E-state index contributed by atoms with van der Waals surface area (Å²) in [4.78, 5) is 53.5. The van der Waals surface area contributed by atoms with E-state index in [0.29, 0.717) is 5.56 Å². The molecule has 1 aliphatic rings. The Balaban J connectivity index is 1.24. The van der Waals surface area contributed by atoms with Gasteiger partial charge in [-0.1, -0.05) is 152 Å². The van der Waals surface area contributed by atoms with E-state index >= 15 is 0 Å². The highest BCUT2D eigenvalue weighted by atomic mass is 16.6. The molecule has 6 atom stereocenters. The Labute approximate surface area is 355 Å². The third kappa shape index (κ3) is 14.4. The summed E-state index contributed by atoms with van der Waals surface area (Å²) in [5.74, 6) is -1.96. The zero-order valence-corrected chi connectivity index (χ0v) is 33.9. The maximum Gasteiger partial charge on any atom is 0.408 e. The van der Waals surface area contributed by atoms with Crippen molar-refractivity contribution in [2.45, 2.75) is 83.0 Å². The van der Waals surface area contributed by atoms with E-state index < -0.39 is 66.9 Å². The fraction of sp³-hybridized carbons (Fsp3) is 0.292. The van der Waals surface area contributed by atoms with Gasteiger partial charge in [0.15, 0.2) is 6.23 Å². The van der Waals surface area contributed by atoms with Crippen molar-refractivity contribution in [1.82, 2.24) is 16.0 Å². The van der Waals surface area contributed by atoms with Gasteiger partial charge >= 0.3 is 12.1 Å². The Bertz CT molecular complexity index is 2100. The number of nitrogens with one attached hydrogen (secondary N) is 3.